The van der Waals surface area contributed by atoms with Gasteiger partial charge in [0.25, 0.3) is 0 Å². The first kappa shape index (κ1) is 22.1. The van der Waals surface area contributed by atoms with Gasteiger partial charge in [0.15, 0.2) is 0 Å². The molecule has 1 nitrogen and oxygen atoms in total. The maximum absolute atomic E-state index is 4.70. The molecule has 1 aromatic heterocycles. The van der Waals surface area contributed by atoms with E-state index >= 15 is 0 Å². The Bertz CT molecular complexity index is 1270. The SMILES string of the molecule is C[Si]1(C)c2[c-]c(-c3ccccn3)cc3c2P(c2ccccc21)c1ccccc1[Si]3(C)C.[Ir]. The first-order valence-corrected chi connectivity index (χ1v) is 18.3. The summed E-state index contributed by atoms with van der Waals surface area (Å²) in [4.78, 5) is 4.70. The quantitative estimate of drug-likeness (QED) is 0.177. The summed E-state index contributed by atoms with van der Waals surface area (Å²) in [6.07, 6.45) is 1.90. The Morgan fingerprint density at radius 1 is 0.719 bits per heavy atom. The van der Waals surface area contributed by atoms with Gasteiger partial charge in [-0.25, -0.2) is 0 Å². The van der Waals surface area contributed by atoms with Crippen molar-refractivity contribution in [2.24, 2.45) is 0 Å². The van der Waals surface area contributed by atoms with E-state index in [4.69, 9.17) is 4.98 Å². The second-order valence-corrected chi connectivity index (χ2v) is 20.4. The van der Waals surface area contributed by atoms with E-state index in [-0.39, 0.29) is 20.1 Å². The molecule has 0 aliphatic carbocycles. The molecule has 0 saturated carbocycles. The summed E-state index contributed by atoms with van der Waals surface area (Å²) in [5, 5.41) is 11.1. The zero-order valence-corrected chi connectivity index (χ0v) is 24.0. The van der Waals surface area contributed by atoms with Crippen LogP contribution in [0.1, 0.15) is 0 Å². The Hall–Kier alpha value is -1.68. The fourth-order valence-corrected chi connectivity index (χ4v) is 18.1. The van der Waals surface area contributed by atoms with E-state index < -0.39 is 24.1 Å². The standard InChI is InChI=1S/C27H25NPSi2.Ir/c1-30(2)23-14-7-5-12-21(23)29-22-13-6-8-15-24(22)31(3,4)26-18-19(17-25(30)27(26)29)20-11-9-10-16-28-20;/h5-17H,1-4H3;/q-1;. The second kappa shape index (κ2) is 7.69. The Morgan fingerprint density at radius 3 is 1.94 bits per heavy atom. The molecule has 0 bridgehead atoms. The first-order chi connectivity index (χ1) is 14.9. The molecule has 0 N–H and O–H groups in total. The third-order valence-corrected chi connectivity index (χ3v) is 17.6. The molecular formula is C27H25IrNPSi2-. The van der Waals surface area contributed by atoms with Crippen molar-refractivity contribution in [3.05, 3.63) is 85.1 Å². The van der Waals surface area contributed by atoms with Crippen LogP contribution in [0.5, 0.6) is 0 Å². The number of fused-ring (bicyclic) bond motifs is 4. The molecule has 4 aromatic rings. The molecule has 5 heteroatoms. The predicted molar refractivity (Wildman–Crippen MR) is 141 cm³/mol. The van der Waals surface area contributed by atoms with Crippen LogP contribution in [0, 0.1) is 6.07 Å². The Labute approximate surface area is 207 Å². The maximum atomic E-state index is 4.70. The van der Waals surface area contributed by atoms with Crippen molar-refractivity contribution in [3.8, 4) is 11.3 Å². The van der Waals surface area contributed by atoms with Gasteiger partial charge in [0.1, 0.15) is 0 Å². The van der Waals surface area contributed by atoms with E-state index in [0.717, 1.165) is 5.69 Å². The van der Waals surface area contributed by atoms with E-state index in [1.54, 1.807) is 31.5 Å². The van der Waals surface area contributed by atoms with E-state index in [2.05, 4.69) is 99.0 Å². The minimum atomic E-state index is -1.88. The van der Waals surface area contributed by atoms with Crippen molar-refractivity contribution >= 4 is 60.7 Å². The van der Waals surface area contributed by atoms with Crippen LogP contribution >= 0.6 is 7.92 Å². The van der Waals surface area contributed by atoms with E-state index in [1.165, 1.54) is 10.8 Å². The Kier molecular flexibility index (Phi) is 5.32. The molecule has 0 spiro atoms. The number of aromatic nitrogens is 1. The van der Waals surface area contributed by atoms with Gasteiger partial charge in [-0.15, -0.1) is 28.1 Å². The van der Waals surface area contributed by atoms with Gasteiger partial charge in [-0.2, -0.15) is 0 Å². The number of hydrogen-bond donors (Lipinski definition) is 0. The average molecular weight is 643 g/mol. The summed E-state index contributed by atoms with van der Waals surface area (Å²) < 4.78 is 0. The van der Waals surface area contributed by atoms with Crippen molar-refractivity contribution < 1.29 is 20.1 Å². The zero-order chi connectivity index (χ0) is 21.4. The van der Waals surface area contributed by atoms with Crippen LogP contribution in [-0.2, 0) is 20.1 Å². The summed E-state index contributed by atoms with van der Waals surface area (Å²) in [5.41, 5.74) is 2.21. The van der Waals surface area contributed by atoms with Crippen molar-refractivity contribution in [1.29, 1.82) is 0 Å². The fraction of sp³-hybridized carbons (Fsp3) is 0.148. The van der Waals surface area contributed by atoms with Gasteiger partial charge < -0.3 is 4.98 Å². The molecular weight excluding hydrogens is 618 g/mol. The Balaban J connectivity index is 0.00000216. The minimum Gasteiger partial charge on any atom is -0.305 e. The first-order valence-electron chi connectivity index (χ1n) is 10.9. The smallest absolute Gasteiger partial charge is 0.0943 e. The van der Waals surface area contributed by atoms with Gasteiger partial charge in [-0.3, -0.25) is 0 Å². The van der Waals surface area contributed by atoms with Gasteiger partial charge in [0, 0.05) is 26.3 Å². The largest absolute Gasteiger partial charge is 0.305 e. The molecule has 32 heavy (non-hydrogen) atoms. The van der Waals surface area contributed by atoms with Crippen LogP contribution in [0.2, 0.25) is 26.2 Å². The monoisotopic (exact) mass is 643 g/mol. The molecule has 161 valence electrons. The van der Waals surface area contributed by atoms with Crippen molar-refractivity contribution in [3.63, 3.8) is 0 Å². The van der Waals surface area contributed by atoms with Crippen LogP contribution in [-0.4, -0.2) is 21.1 Å². The molecule has 0 fully saturated rings. The minimum absolute atomic E-state index is 0. The summed E-state index contributed by atoms with van der Waals surface area (Å²) in [7, 11) is -4.26. The molecule has 1 atom stereocenters. The van der Waals surface area contributed by atoms with Crippen molar-refractivity contribution in [2.45, 2.75) is 26.2 Å². The van der Waals surface area contributed by atoms with E-state index in [0.29, 0.717) is 0 Å². The van der Waals surface area contributed by atoms with Crippen LogP contribution in [0.15, 0.2) is 79.0 Å². The fourth-order valence-electron chi connectivity index (χ4n) is 5.44. The Morgan fingerprint density at radius 2 is 1.31 bits per heavy atom. The predicted octanol–water partition coefficient (Wildman–Crippen LogP) is 2.58. The van der Waals surface area contributed by atoms with Gasteiger partial charge in [0.2, 0.25) is 0 Å². The topological polar surface area (TPSA) is 12.9 Å². The number of pyridine rings is 1. The van der Waals surface area contributed by atoms with Gasteiger partial charge in [-0.1, -0.05) is 100 Å². The van der Waals surface area contributed by atoms with Crippen LogP contribution in [0.4, 0.5) is 0 Å². The normalized spacial score (nSPS) is 18.6. The zero-order valence-electron chi connectivity index (χ0n) is 18.7. The van der Waals surface area contributed by atoms with Gasteiger partial charge in [0.05, 0.1) is 16.1 Å². The summed E-state index contributed by atoms with van der Waals surface area (Å²) >= 11 is 0. The average Bonchev–Trinajstić information content (AvgIpc) is 2.79. The molecule has 0 amide bonds. The number of hydrogen-bond acceptors (Lipinski definition) is 1. The van der Waals surface area contributed by atoms with E-state index in [1.807, 2.05) is 12.3 Å². The van der Waals surface area contributed by atoms with E-state index in [9.17, 15) is 0 Å². The number of benzene rings is 3. The summed E-state index contributed by atoms with van der Waals surface area (Å²) in [5.74, 6) is 0. The molecule has 2 aliphatic heterocycles. The van der Waals surface area contributed by atoms with Crippen LogP contribution in [0.25, 0.3) is 11.3 Å². The van der Waals surface area contributed by atoms with Crippen LogP contribution in [0.3, 0.4) is 0 Å². The molecule has 1 radical (unpaired) electrons. The molecule has 1 unspecified atom stereocenters. The molecule has 2 aliphatic rings. The molecule has 0 saturated heterocycles. The summed E-state index contributed by atoms with van der Waals surface area (Å²) in [6.45, 7) is 10.1. The van der Waals surface area contributed by atoms with Crippen molar-refractivity contribution in [2.75, 3.05) is 0 Å². The third kappa shape index (κ3) is 2.97. The molecule has 6 rings (SSSR count). The number of nitrogens with zero attached hydrogens (tertiary/aromatic N) is 1. The summed E-state index contributed by atoms with van der Waals surface area (Å²) in [6, 6.07) is 31.2. The number of rotatable bonds is 1. The van der Waals surface area contributed by atoms with Crippen molar-refractivity contribution in [1.82, 2.24) is 4.98 Å². The molecule has 3 aromatic carbocycles. The maximum Gasteiger partial charge on any atom is 0.0943 e. The second-order valence-electron chi connectivity index (χ2n) is 9.65. The van der Waals surface area contributed by atoms with Crippen LogP contribution < -0.4 is 36.7 Å². The van der Waals surface area contributed by atoms with Gasteiger partial charge >= 0.3 is 0 Å². The van der Waals surface area contributed by atoms with Gasteiger partial charge in [-0.05, 0) is 32.7 Å². The molecule has 3 heterocycles. The third-order valence-electron chi connectivity index (χ3n) is 7.14.